The van der Waals surface area contributed by atoms with E-state index in [1.54, 1.807) is 31.2 Å². The summed E-state index contributed by atoms with van der Waals surface area (Å²) in [6.45, 7) is 7.58. The summed E-state index contributed by atoms with van der Waals surface area (Å²) in [4.78, 5) is 13.0. The van der Waals surface area contributed by atoms with Crippen molar-refractivity contribution in [2.45, 2.75) is 18.7 Å². The summed E-state index contributed by atoms with van der Waals surface area (Å²) in [5.74, 6) is 0.153. The minimum atomic E-state index is -3.70. The Balaban J connectivity index is 2.82. The molecule has 0 aliphatic carbocycles. The predicted octanol–water partition coefficient (Wildman–Crippen LogP) is 1.32. The SMILES string of the molecule is C=CCN(CCNS(=O)(=O)c1cc(C)ccc1OC)C(C)=O. The third kappa shape index (κ3) is 4.85. The minimum absolute atomic E-state index is 0.0908. The number of nitrogens with zero attached hydrogens (tertiary/aromatic N) is 1. The Morgan fingerprint density at radius 2 is 2.14 bits per heavy atom. The highest BCUT2D eigenvalue weighted by Gasteiger charge is 2.19. The van der Waals surface area contributed by atoms with Crippen LogP contribution in [0.5, 0.6) is 5.75 Å². The minimum Gasteiger partial charge on any atom is -0.495 e. The molecule has 0 fully saturated rings. The lowest BCUT2D eigenvalue weighted by atomic mass is 10.2. The number of aryl methyl sites for hydroxylation is 1. The molecule has 0 bridgehead atoms. The fraction of sp³-hybridized carbons (Fsp3) is 0.400. The number of carbonyl (C=O) groups excluding carboxylic acids is 1. The lowest BCUT2D eigenvalue weighted by molar-refractivity contribution is -0.128. The Bertz CT molecular complexity index is 641. The molecular formula is C15H22N2O4S. The molecule has 1 aromatic carbocycles. The summed E-state index contributed by atoms with van der Waals surface area (Å²) in [6, 6.07) is 4.94. The predicted molar refractivity (Wildman–Crippen MR) is 85.4 cm³/mol. The molecule has 0 aromatic heterocycles. The van der Waals surface area contributed by atoms with Gasteiger partial charge in [0.2, 0.25) is 15.9 Å². The van der Waals surface area contributed by atoms with Crippen LogP contribution in [0.2, 0.25) is 0 Å². The molecule has 0 unspecified atom stereocenters. The van der Waals surface area contributed by atoms with Gasteiger partial charge in [-0.15, -0.1) is 6.58 Å². The first-order valence-electron chi connectivity index (χ1n) is 6.82. The first-order chi connectivity index (χ1) is 10.3. The number of benzene rings is 1. The summed E-state index contributed by atoms with van der Waals surface area (Å²) >= 11 is 0. The molecule has 0 aliphatic heterocycles. The van der Waals surface area contributed by atoms with Gasteiger partial charge in [-0.3, -0.25) is 4.79 Å². The quantitative estimate of drug-likeness (QED) is 0.731. The molecule has 22 heavy (non-hydrogen) atoms. The number of hydrogen-bond donors (Lipinski definition) is 1. The van der Waals surface area contributed by atoms with Gasteiger partial charge in [0.25, 0.3) is 0 Å². The summed E-state index contributed by atoms with van der Waals surface area (Å²) in [6.07, 6.45) is 1.60. The van der Waals surface area contributed by atoms with Crippen LogP contribution in [0.1, 0.15) is 12.5 Å². The third-order valence-electron chi connectivity index (χ3n) is 3.08. The van der Waals surface area contributed by atoms with Gasteiger partial charge in [0.15, 0.2) is 0 Å². The van der Waals surface area contributed by atoms with Crippen LogP contribution in [0, 0.1) is 6.92 Å². The smallest absolute Gasteiger partial charge is 0.244 e. The van der Waals surface area contributed by atoms with Gasteiger partial charge in [-0.2, -0.15) is 0 Å². The van der Waals surface area contributed by atoms with E-state index >= 15 is 0 Å². The number of ether oxygens (including phenoxy) is 1. The van der Waals surface area contributed by atoms with Gasteiger partial charge in [0.1, 0.15) is 10.6 Å². The van der Waals surface area contributed by atoms with Crippen molar-refractivity contribution in [3.8, 4) is 5.75 Å². The van der Waals surface area contributed by atoms with E-state index in [0.29, 0.717) is 6.54 Å². The molecule has 0 atom stereocenters. The number of rotatable bonds is 8. The van der Waals surface area contributed by atoms with Crippen molar-refractivity contribution < 1.29 is 17.9 Å². The first-order valence-corrected chi connectivity index (χ1v) is 8.31. The Morgan fingerprint density at radius 1 is 1.45 bits per heavy atom. The number of methoxy groups -OCH3 is 1. The highest BCUT2D eigenvalue weighted by Crippen LogP contribution is 2.24. The van der Waals surface area contributed by atoms with E-state index in [9.17, 15) is 13.2 Å². The molecule has 0 saturated heterocycles. The van der Waals surface area contributed by atoms with Gasteiger partial charge in [-0.05, 0) is 24.6 Å². The summed E-state index contributed by atoms with van der Waals surface area (Å²) in [5, 5.41) is 0. The number of sulfonamides is 1. The van der Waals surface area contributed by atoms with E-state index in [0.717, 1.165) is 5.56 Å². The fourth-order valence-corrected chi connectivity index (χ4v) is 3.19. The van der Waals surface area contributed by atoms with E-state index in [-0.39, 0.29) is 29.6 Å². The molecule has 1 rings (SSSR count). The molecule has 0 aliphatic rings. The summed E-state index contributed by atoms with van der Waals surface area (Å²) in [5.41, 5.74) is 0.818. The maximum Gasteiger partial charge on any atom is 0.244 e. The second-order valence-corrected chi connectivity index (χ2v) is 6.54. The van der Waals surface area contributed by atoms with Crippen molar-refractivity contribution >= 4 is 15.9 Å². The molecule has 1 N–H and O–H groups in total. The molecule has 0 saturated carbocycles. The van der Waals surface area contributed by atoms with Crippen LogP contribution in [0.4, 0.5) is 0 Å². The highest BCUT2D eigenvalue weighted by atomic mass is 32.2. The van der Waals surface area contributed by atoms with Crippen LogP contribution in [-0.4, -0.2) is 46.0 Å². The normalized spacial score (nSPS) is 11.0. The average molecular weight is 326 g/mol. The monoisotopic (exact) mass is 326 g/mol. The molecule has 0 radical (unpaired) electrons. The average Bonchev–Trinajstić information content (AvgIpc) is 2.46. The molecule has 0 heterocycles. The highest BCUT2D eigenvalue weighted by molar-refractivity contribution is 7.89. The zero-order valence-corrected chi connectivity index (χ0v) is 13.9. The molecule has 6 nitrogen and oxygen atoms in total. The number of hydrogen-bond acceptors (Lipinski definition) is 4. The molecule has 7 heteroatoms. The van der Waals surface area contributed by atoms with Crippen molar-refractivity contribution in [1.82, 2.24) is 9.62 Å². The summed E-state index contributed by atoms with van der Waals surface area (Å²) in [7, 11) is -2.28. The van der Waals surface area contributed by atoms with E-state index in [1.165, 1.54) is 18.9 Å². The standard InChI is InChI=1S/C15H22N2O4S/c1-5-9-17(13(3)18)10-8-16-22(19,20)15-11-12(2)6-7-14(15)21-4/h5-7,11,16H,1,8-10H2,2-4H3. The van der Waals surface area contributed by atoms with Crippen molar-refractivity contribution in [1.29, 1.82) is 0 Å². The van der Waals surface area contributed by atoms with E-state index < -0.39 is 10.0 Å². The maximum atomic E-state index is 12.4. The van der Waals surface area contributed by atoms with Gasteiger partial charge >= 0.3 is 0 Å². The second-order valence-electron chi connectivity index (χ2n) is 4.81. The largest absolute Gasteiger partial charge is 0.495 e. The lowest BCUT2D eigenvalue weighted by Gasteiger charge is -2.19. The zero-order chi connectivity index (χ0) is 16.8. The van der Waals surface area contributed by atoms with Gasteiger partial charge in [-0.25, -0.2) is 13.1 Å². The molecule has 0 spiro atoms. The van der Waals surface area contributed by atoms with Gasteiger partial charge in [0, 0.05) is 26.6 Å². The number of amides is 1. The third-order valence-corrected chi connectivity index (χ3v) is 4.56. The van der Waals surface area contributed by atoms with E-state index in [1.807, 2.05) is 0 Å². The number of nitrogens with one attached hydrogen (secondary N) is 1. The Kier molecular flexibility index (Phi) is 6.58. The lowest BCUT2D eigenvalue weighted by Crippen LogP contribution is -2.37. The molecule has 1 aromatic rings. The van der Waals surface area contributed by atoms with Crippen LogP contribution in [0.25, 0.3) is 0 Å². The topological polar surface area (TPSA) is 75.7 Å². The van der Waals surface area contributed by atoms with Crippen LogP contribution in [-0.2, 0) is 14.8 Å². The Labute approximate surface area is 131 Å². The molecular weight excluding hydrogens is 304 g/mol. The van der Waals surface area contributed by atoms with E-state index in [2.05, 4.69) is 11.3 Å². The van der Waals surface area contributed by atoms with E-state index in [4.69, 9.17) is 4.74 Å². The first kappa shape index (κ1) is 18.2. The second kappa shape index (κ2) is 7.95. The summed E-state index contributed by atoms with van der Waals surface area (Å²) < 4.78 is 32.3. The van der Waals surface area contributed by atoms with Crippen LogP contribution in [0.15, 0.2) is 35.7 Å². The van der Waals surface area contributed by atoms with Crippen molar-refractivity contribution in [2.75, 3.05) is 26.7 Å². The van der Waals surface area contributed by atoms with Crippen molar-refractivity contribution in [2.24, 2.45) is 0 Å². The molecule has 1 amide bonds. The van der Waals surface area contributed by atoms with Crippen LogP contribution in [0.3, 0.4) is 0 Å². The Hall–Kier alpha value is -1.86. The zero-order valence-electron chi connectivity index (χ0n) is 13.1. The Morgan fingerprint density at radius 3 is 2.68 bits per heavy atom. The van der Waals surface area contributed by atoms with Gasteiger partial charge in [0.05, 0.1) is 7.11 Å². The fourth-order valence-electron chi connectivity index (χ4n) is 1.92. The number of carbonyl (C=O) groups is 1. The van der Waals surface area contributed by atoms with Gasteiger partial charge < -0.3 is 9.64 Å². The van der Waals surface area contributed by atoms with Crippen LogP contribution >= 0.6 is 0 Å². The van der Waals surface area contributed by atoms with Crippen molar-refractivity contribution in [3.63, 3.8) is 0 Å². The van der Waals surface area contributed by atoms with Crippen LogP contribution < -0.4 is 9.46 Å². The molecule has 122 valence electrons. The maximum absolute atomic E-state index is 12.4. The van der Waals surface area contributed by atoms with Gasteiger partial charge in [-0.1, -0.05) is 12.1 Å². The van der Waals surface area contributed by atoms with Crippen molar-refractivity contribution in [3.05, 3.63) is 36.4 Å².